The number of halogens is 2. The van der Waals surface area contributed by atoms with Gasteiger partial charge in [0.2, 0.25) is 0 Å². The maximum absolute atomic E-state index is 13.8. The van der Waals surface area contributed by atoms with Crippen LogP contribution in [-0.4, -0.2) is 37.5 Å². The van der Waals surface area contributed by atoms with Crippen molar-refractivity contribution in [2.75, 3.05) is 26.7 Å². The predicted molar refractivity (Wildman–Crippen MR) is 127 cm³/mol. The number of likely N-dealkylation sites (tertiary alicyclic amines) is 1. The molecule has 1 aliphatic rings. The van der Waals surface area contributed by atoms with Crippen molar-refractivity contribution >= 4 is 41.3 Å². The summed E-state index contributed by atoms with van der Waals surface area (Å²) >= 11 is 1.75. The van der Waals surface area contributed by atoms with Gasteiger partial charge >= 0.3 is 0 Å². The zero-order chi connectivity index (χ0) is 19.1. The quantitative estimate of drug-likeness (QED) is 0.334. The van der Waals surface area contributed by atoms with E-state index in [9.17, 15) is 4.39 Å². The molecule has 2 N–H and O–H groups in total. The van der Waals surface area contributed by atoms with Crippen LogP contribution < -0.4 is 10.6 Å². The van der Waals surface area contributed by atoms with Crippen LogP contribution in [0.1, 0.15) is 36.2 Å². The van der Waals surface area contributed by atoms with Crippen molar-refractivity contribution < 1.29 is 4.39 Å². The van der Waals surface area contributed by atoms with Gasteiger partial charge in [-0.3, -0.25) is 9.89 Å². The summed E-state index contributed by atoms with van der Waals surface area (Å²) in [6.07, 6.45) is 2.25. The van der Waals surface area contributed by atoms with E-state index in [1.807, 2.05) is 19.2 Å². The van der Waals surface area contributed by atoms with Gasteiger partial charge in [0.25, 0.3) is 0 Å². The first-order chi connectivity index (χ1) is 13.2. The standard InChI is InChI=1S/C21H29FN4S.HI/c1-16(20-8-5-13-27-20)25-21(23-2)24-14-17-9-11-26(12-10-17)15-18-6-3-4-7-19(18)22;/h3-8,13,16-17H,9-12,14-15H2,1-2H3,(H2,23,24,25);1H. The summed E-state index contributed by atoms with van der Waals surface area (Å²) in [5.74, 6) is 1.37. The van der Waals surface area contributed by atoms with E-state index in [1.54, 1.807) is 23.5 Å². The predicted octanol–water partition coefficient (Wildman–Crippen LogP) is 4.64. The molecule has 28 heavy (non-hydrogen) atoms. The fourth-order valence-electron chi connectivity index (χ4n) is 3.47. The molecule has 7 heteroatoms. The van der Waals surface area contributed by atoms with Crippen molar-refractivity contribution in [2.45, 2.75) is 32.4 Å². The number of benzene rings is 1. The van der Waals surface area contributed by atoms with Crippen molar-refractivity contribution in [2.24, 2.45) is 10.9 Å². The highest BCUT2D eigenvalue weighted by Crippen LogP contribution is 2.20. The maximum Gasteiger partial charge on any atom is 0.191 e. The summed E-state index contributed by atoms with van der Waals surface area (Å²) in [6.45, 7) is 5.80. The molecular weight excluding hydrogens is 486 g/mol. The molecule has 154 valence electrons. The Morgan fingerprint density at radius 3 is 2.64 bits per heavy atom. The van der Waals surface area contributed by atoms with E-state index in [2.05, 4.69) is 45.0 Å². The van der Waals surface area contributed by atoms with E-state index in [4.69, 9.17) is 0 Å². The average Bonchev–Trinajstić information content (AvgIpc) is 3.23. The third-order valence-corrected chi connectivity index (χ3v) is 6.22. The molecule has 2 heterocycles. The molecule has 1 aliphatic heterocycles. The topological polar surface area (TPSA) is 39.7 Å². The lowest BCUT2D eigenvalue weighted by atomic mass is 9.96. The first kappa shape index (κ1) is 23.1. The van der Waals surface area contributed by atoms with Gasteiger partial charge in [0.1, 0.15) is 5.82 Å². The van der Waals surface area contributed by atoms with E-state index in [0.717, 1.165) is 44.0 Å². The van der Waals surface area contributed by atoms with Gasteiger partial charge in [-0.15, -0.1) is 35.3 Å². The molecule has 0 amide bonds. The zero-order valence-electron chi connectivity index (χ0n) is 16.5. The van der Waals surface area contributed by atoms with E-state index < -0.39 is 0 Å². The minimum absolute atomic E-state index is 0. The second-order valence-electron chi connectivity index (χ2n) is 7.15. The number of thiophene rings is 1. The molecule has 0 bridgehead atoms. The Morgan fingerprint density at radius 2 is 2.00 bits per heavy atom. The minimum Gasteiger partial charge on any atom is -0.356 e. The normalized spacial score (nSPS) is 17.0. The number of aliphatic imine (C=N–C) groups is 1. The summed E-state index contributed by atoms with van der Waals surface area (Å²) in [6, 6.07) is 11.5. The largest absolute Gasteiger partial charge is 0.356 e. The van der Waals surface area contributed by atoms with E-state index in [-0.39, 0.29) is 35.8 Å². The number of piperidine rings is 1. The first-order valence-electron chi connectivity index (χ1n) is 9.62. The molecule has 1 atom stereocenters. The van der Waals surface area contributed by atoms with Gasteiger partial charge in [-0.1, -0.05) is 24.3 Å². The first-order valence-corrected chi connectivity index (χ1v) is 10.5. The van der Waals surface area contributed by atoms with Crippen molar-refractivity contribution in [3.05, 3.63) is 58.0 Å². The lowest BCUT2D eigenvalue weighted by Gasteiger charge is -2.32. The molecule has 2 aromatic rings. The van der Waals surface area contributed by atoms with Gasteiger partial charge in [-0.05, 0) is 56.3 Å². The number of nitrogens with one attached hydrogen (secondary N) is 2. The second kappa shape index (κ2) is 11.7. The smallest absolute Gasteiger partial charge is 0.191 e. The van der Waals surface area contributed by atoms with Gasteiger partial charge in [0, 0.05) is 30.6 Å². The van der Waals surface area contributed by atoms with Crippen LogP contribution in [0.15, 0.2) is 46.8 Å². The fraction of sp³-hybridized carbons (Fsp3) is 0.476. The van der Waals surface area contributed by atoms with Gasteiger partial charge in [0.05, 0.1) is 6.04 Å². The maximum atomic E-state index is 13.8. The number of hydrogen-bond acceptors (Lipinski definition) is 3. The van der Waals surface area contributed by atoms with Gasteiger partial charge in [0.15, 0.2) is 5.96 Å². The highest BCUT2D eigenvalue weighted by Gasteiger charge is 2.20. The van der Waals surface area contributed by atoms with Gasteiger partial charge in [-0.2, -0.15) is 0 Å². The number of nitrogens with zero attached hydrogens (tertiary/aromatic N) is 2. The van der Waals surface area contributed by atoms with Crippen LogP contribution in [0.3, 0.4) is 0 Å². The molecule has 1 aromatic carbocycles. The Balaban J connectivity index is 0.00000280. The van der Waals surface area contributed by atoms with Crippen LogP contribution in [0, 0.1) is 11.7 Å². The summed E-state index contributed by atoms with van der Waals surface area (Å²) in [5, 5.41) is 9.02. The SMILES string of the molecule is CN=C(NCC1CCN(Cc2ccccc2F)CC1)NC(C)c1cccs1.I. The lowest BCUT2D eigenvalue weighted by Crippen LogP contribution is -2.43. The second-order valence-corrected chi connectivity index (χ2v) is 8.12. The third kappa shape index (κ3) is 6.70. The lowest BCUT2D eigenvalue weighted by molar-refractivity contribution is 0.176. The molecule has 1 fully saturated rings. The Kier molecular flexibility index (Phi) is 9.67. The van der Waals surface area contributed by atoms with Crippen molar-refractivity contribution in [1.82, 2.24) is 15.5 Å². The van der Waals surface area contributed by atoms with Crippen molar-refractivity contribution in [3.8, 4) is 0 Å². The van der Waals surface area contributed by atoms with Crippen molar-refractivity contribution in [1.29, 1.82) is 0 Å². The van der Waals surface area contributed by atoms with Crippen LogP contribution >= 0.6 is 35.3 Å². The molecule has 1 unspecified atom stereocenters. The van der Waals surface area contributed by atoms with E-state index in [0.29, 0.717) is 12.5 Å². The number of hydrogen-bond donors (Lipinski definition) is 2. The van der Waals surface area contributed by atoms with Crippen LogP contribution in [0.25, 0.3) is 0 Å². The Morgan fingerprint density at radius 1 is 1.25 bits per heavy atom. The molecule has 0 aliphatic carbocycles. The van der Waals surface area contributed by atoms with Crippen LogP contribution in [0.4, 0.5) is 4.39 Å². The van der Waals surface area contributed by atoms with Crippen LogP contribution in [0.2, 0.25) is 0 Å². The molecule has 0 saturated carbocycles. The van der Waals surface area contributed by atoms with Crippen LogP contribution in [0.5, 0.6) is 0 Å². The highest BCUT2D eigenvalue weighted by atomic mass is 127. The van der Waals surface area contributed by atoms with E-state index in [1.165, 1.54) is 4.88 Å². The Bertz CT molecular complexity index is 730. The van der Waals surface area contributed by atoms with Crippen LogP contribution in [-0.2, 0) is 6.54 Å². The fourth-order valence-corrected chi connectivity index (χ4v) is 4.20. The summed E-state index contributed by atoms with van der Waals surface area (Å²) in [7, 11) is 1.81. The zero-order valence-corrected chi connectivity index (χ0v) is 19.7. The molecule has 4 nitrogen and oxygen atoms in total. The summed E-state index contributed by atoms with van der Waals surface area (Å²) in [4.78, 5) is 8.00. The summed E-state index contributed by atoms with van der Waals surface area (Å²) in [5.41, 5.74) is 0.793. The molecule has 3 rings (SSSR count). The average molecular weight is 516 g/mol. The summed E-state index contributed by atoms with van der Waals surface area (Å²) < 4.78 is 13.8. The highest BCUT2D eigenvalue weighted by molar-refractivity contribution is 14.0. The molecular formula is C21H30FIN4S. The molecule has 0 spiro atoms. The third-order valence-electron chi connectivity index (χ3n) is 5.16. The number of guanidine groups is 1. The monoisotopic (exact) mass is 516 g/mol. The van der Waals surface area contributed by atoms with Gasteiger partial charge in [-0.25, -0.2) is 4.39 Å². The minimum atomic E-state index is -0.101. The molecule has 1 saturated heterocycles. The number of rotatable bonds is 6. The Labute approximate surface area is 188 Å². The van der Waals surface area contributed by atoms with E-state index >= 15 is 0 Å². The van der Waals surface area contributed by atoms with Crippen molar-refractivity contribution in [3.63, 3.8) is 0 Å². The molecule has 0 radical (unpaired) electrons. The molecule has 1 aromatic heterocycles. The Hall–Kier alpha value is -1.19. The van der Waals surface area contributed by atoms with Gasteiger partial charge < -0.3 is 10.6 Å².